The number of hydrogen-bond donors (Lipinski definition) is 0. The van der Waals surface area contributed by atoms with E-state index in [-0.39, 0.29) is 5.91 Å². The van der Waals surface area contributed by atoms with Crippen molar-refractivity contribution in [2.45, 2.75) is 26.6 Å². The Labute approximate surface area is 123 Å². The zero-order valence-corrected chi connectivity index (χ0v) is 14.7. The zero-order valence-electron chi connectivity index (χ0n) is 11.3. The molecule has 100 valence electrons. The van der Waals surface area contributed by atoms with Gasteiger partial charge in [0.25, 0.3) is 5.91 Å². The Bertz CT molecular complexity index is 465. The lowest BCUT2D eigenvalue weighted by Crippen LogP contribution is -2.41. The fourth-order valence-electron chi connectivity index (χ4n) is 1.52. The smallest absolute Gasteiger partial charge is 0.267 e. The van der Waals surface area contributed by atoms with Crippen LogP contribution in [0.2, 0.25) is 24.0 Å². The third kappa shape index (κ3) is 3.63. The van der Waals surface area contributed by atoms with Gasteiger partial charge in [-0.05, 0) is 30.1 Å². The van der Waals surface area contributed by atoms with Gasteiger partial charge in [0.05, 0.1) is 17.3 Å². The van der Waals surface area contributed by atoms with Crippen molar-refractivity contribution in [2.75, 3.05) is 6.26 Å². The molecule has 0 radical (unpaired) electrons. The molecule has 0 spiro atoms. The molecule has 6 heteroatoms. The molecule has 18 heavy (non-hydrogen) atoms. The first-order valence-corrected chi connectivity index (χ1v) is 11.5. The monoisotopic (exact) mass is 319 g/mol. The van der Waals surface area contributed by atoms with Gasteiger partial charge in [0.1, 0.15) is 0 Å². The van der Waals surface area contributed by atoms with E-state index in [1.165, 1.54) is 23.3 Å². The van der Waals surface area contributed by atoms with Crippen LogP contribution in [-0.4, -0.2) is 24.5 Å². The van der Waals surface area contributed by atoms with E-state index in [1.807, 2.05) is 25.3 Å². The molecular formula is C12H18ClNOS2Si. The summed E-state index contributed by atoms with van der Waals surface area (Å²) in [6.07, 6.45) is 5.54. The first kappa shape index (κ1) is 15.8. The van der Waals surface area contributed by atoms with E-state index in [0.29, 0.717) is 4.34 Å². The minimum atomic E-state index is -1.56. The third-order valence-corrected chi connectivity index (χ3v) is 6.51. The van der Waals surface area contributed by atoms with Crippen molar-refractivity contribution >= 4 is 54.1 Å². The highest BCUT2D eigenvalue weighted by molar-refractivity contribution is 7.96. The minimum absolute atomic E-state index is 0.0231. The van der Waals surface area contributed by atoms with Crippen LogP contribution in [0.1, 0.15) is 16.6 Å². The van der Waals surface area contributed by atoms with Crippen molar-refractivity contribution in [1.29, 1.82) is 0 Å². The number of thiophene rings is 1. The largest absolute Gasteiger partial charge is 0.277 e. The molecule has 0 aliphatic heterocycles. The molecule has 0 unspecified atom stereocenters. The van der Waals surface area contributed by atoms with Crippen molar-refractivity contribution in [3.8, 4) is 0 Å². The predicted molar refractivity (Wildman–Crippen MR) is 86.8 cm³/mol. The van der Waals surface area contributed by atoms with Crippen LogP contribution in [0, 0.1) is 0 Å². The maximum absolute atomic E-state index is 12.5. The van der Waals surface area contributed by atoms with Gasteiger partial charge in [-0.25, -0.2) is 0 Å². The first-order chi connectivity index (χ1) is 8.31. The maximum atomic E-state index is 12.5. The highest BCUT2D eigenvalue weighted by Gasteiger charge is 2.28. The molecule has 1 heterocycles. The molecular weight excluding hydrogens is 302 g/mol. The van der Waals surface area contributed by atoms with E-state index in [2.05, 4.69) is 19.6 Å². The molecule has 1 amide bonds. The van der Waals surface area contributed by atoms with Crippen LogP contribution >= 0.6 is 34.9 Å². The number of halogens is 1. The van der Waals surface area contributed by atoms with Gasteiger partial charge in [-0.15, -0.1) is 11.3 Å². The lowest BCUT2D eigenvalue weighted by molar-refractivity contribution is 0.0912. The van der Waals surface area contributed by atoms with Gasteiger partial charge in [0, 0.05) is 12.5 Å². The van der Waals surface area contributed by atoms with E-state index in [1.54, 1.807) is 10.5 Å². The molecule has 1 aromatic rings. The Hall–Kier alpha value is -0.233. The molecule has 0 atom stereocenters. The summed E-state index contributed by atoms with van der Waals surface area (Å²) in [5.74, 6) is 0.0231. The van der Waals surface area contributed by atoms with E-state index in [9.17, 15) is 4.79 Å². The number of carbonyl (C=O) groups is 1. The number of amides is 1. The summed E-state index contributed by atoms with van der Waals surface area (Å²) in [6.45, 7) is 8.57. The first-order valence-electron chi connectivity index (χ1n) is 5.61. The third-order valence-electron chi connectivity index (χ3n) is 2.39. The molecule has 0 saturated carbocycles. The normalized spacial score (nSPS) is 12.1. The second kappa shape index (κ2) is 6.28. The summed E-state index contributed by atoms with van der Waals surface area (Å²) in [7, 11) is -1.56. The summed E-state index contributed by atoms with van der Waals surface area (Å²) in [5, 5.41) is 1.14. The quantitative estimate of drug-likeness (QED) is 0.612. The fourth-order valence-corrected chi connectivity index (χ4v) is 5.78. The Morgan fingerprint density at radius 3 is 2.56 bits per heavy atom. The van der Waals surface area contributed by atoms with Crippen LogP contribution in [-0.2, 0) is 0 Å². The zero-order chi connectivity index (χ0) is 13.9. The van der Waals surface area contributed by atoms with Crippen LogP contribution in [0.25, 0.3) is 0 Å². The Morgan fingerprint density at radius 2 is 2.11 bits per heavy atom. The Kier molecular flexibility index (Phi) is 5.52. The molecule has 1 aromatic heterocycles. The lowest BCUT2D eigenvalue weighted by atomic mass is 10.4. The molecule has 0 fully saturated rings. The predicted octanol–water partition coefficient (Wildman–Crippen LogP) is 4.20. The standard InChI is InChI=1S/C12H18ClNOS2Si/c1-6-7-14(16-2)12(15)11-9(18(3,4)5)8-10(13)17-11/h6-8H,1-5H3/b7-6-. The van der Waals surface area contributed by atoms with E-state index in [0.717, 1.165) is 10.1 Å². The average Bonchev–Trinajstić information content (AvgIpc) is 2.67. The van der Waals surface area contributed by atoms with Gasteiger partial charge in [-0.2, -0.15) is 0 Å². The van der Waals surface area contributed by atoms with Crippen LogP contribution in [0.15, 0.2) is 18.3 Å². The summed E-state index contributed by atoms with van der Waals surface area (Å²) >= 11 is 8.87. The number of allylic oxidation sites excluding steroid dienone is 1. The molecule has 0 aromatic carbocycles. The number of carbonyl (C=O) groups excluding carboxylic acids is 1. The molecule has 0 bridgehead atoms. The van der Waals surface area contributed by atoms with Gasteiger partial charge in [-0.1, -0.05) is 37.3 Å². The number of rotatable bonds is 4. The van der Waals surface area contributed by atoms with Crippen LogP contribution < -0.4 is 5.19 Å². The van der Waals surface area contributed by atoms with Gasteiger partial charge < -0.3 is 0 Å². The van der Waals surface area contributed by atoms with Crippen LogP contribution in [0.5, 0.6) is 0 Å². The van der Waals surface area contributed by atoms with Crippen molar-refractivity contribution in [1.82, 2.24) is 4.31 Å². The van der Waals surface area contributed by atoms with E-state index >= 15 is 0 Å². The van der Waals surface area contributed by atoms with Gasteiger partial charge in [0.15, 0.2) is 0 Å². The SMILES string of the molecule is C/C=C\N(SC)C(=O)c1sc(Cl)cc1[Si](C)(C)C. The molecule has 0 saturated heterocycles. The molecule has 2 nitrogen and oxygen atoms in total. The average molecular weight is 320 g/mol. The van der Waals surface area contributed by atoms with Crippen molar-refractivity contribution in [3.63, 3.8) is 0 Å². The van der Waals surface area contributed by atoms with Crippen LogP contribution in [0.3, 0.4) is 0 Å². The molecule has 1 rings (SSSR count). The van der Waals surface area contributed by atoms with Crippen molar-refractivity contribution in [2.24, 2.45) is 0 Å². The second-order valence-corrected chi connectivity index (χ2v) is 12.3. The van der Waals surface area contributed by atoms with Crippen molar-refractivity contribution < 1.29 is 4.79 Å². The van der Waals surface area contributed by atoms with Gasteiger partial charge >= 0.3 is 0 Å². The minimum Gasteiger partial charge on any atom is -0.267 e. The van der Waals surface area contributed by atoms with Crippen LogP contribution in [0.4, 0.5) is 0 Å². The Morgan fingerprint density at radius 1 is 1.50 bits per heavy atom. The second-order valence-electron chi connectivity index (χ2n) is 4.84. The highest BCUT2D eigenvalue weighted by Crippen LogP contribution is 2.26. The topological polar surface area (TPSA) is 20.3 Å². The van der Waals surface area contributed by atoms with Gasteiger partial charge in [0.2, 0.25) is 0 Å². The maximum Gasteiger partial charge on any atom is 0.277 e. The van der Waals surface area contributed by atoms with E-state index < -0.39 is 8.07 Å². The summed E-state index contributed by atoms with van der Waals surface area (Å²) in [4.78, 5) is 13.3. The van der Waals surface area contributed by atoms with Gasteiger partial charge in [-0.3, -0.25) is 9.10 Å². The van der Waals surface area contributed by atoms with E-state index in [4.69, 9.17) is 11.6 Å². The number of hydrogen-bond acceptors (Lipinski definition) is 3. The lowest BCUT2D eigenvalue weighted by Gasteiger charge is -2.19. The highest BCUT2D eigenvalue weighted by atomic mass is 35.5. The summed E-state index contributed by atoms with van der Waals surface area (Å²) in [6, 6.07) is 1.96. The summed E-state index contributed by atoms with van der Waals surface area (Å²) in [5.41, 5.74) is 0. The molecule has 0 N–H and O–H groups in total. The molecule has 0 aliphatic rings. The summed E-state index contributed by atoms with van der Waals surface area (Å²) < 4.78 is 2.34. The number of nitrogens with zero attached hydrogens (tertiary/aromatic N) is 1. The van der Waals surface area contributed by atoms with Crippen molar-refractivity contribution in [3.05, 3.63) is 27.6 Å². The Balaban J connectivity index is 3.20. The molecule has 0 aliphatic carbocycles. The fraction of sp³-hybridized carbons (Fsp3) is 0.417.